The summed E-state index contributed by atoms with van der Waals surface area (Å²) in [6, 6.07) is 13.0. The Morgan fingerprint density at radius 1 is 1.14 bits per heavy atom. The number of nitrogens with zero attached hydrogens (tertiary/aromatic N) is 2. The SMILES string of the molecule is Cc1cccc(S(=O)(=O)NCc2sc3nc(-c4ccc(F)cc4)cn3c2C)c1. The van der Waals surface area contributed by atoms with Gasteiger partial charge in [0.15, 0.2) is 4.96 Å². The predicted molar refractivity (Wildman–Crippen MR) is 108 cm³/mol. The van der Waals surface area contributed by atoms with Crippen molar-refractivity contribution < 1.29 is 12.8 Å². The number of rotatable bonds is 5. The van der Waals surface area contributed by atoms with Gasteiger partial charge in [-0.25, -0.2) is 22.5 Å². The molecule has 0 unspecified atom stereocenters. The van der Waals surface area contributed by atoms with Crippen molar-refractivity contribution in [2.75, 3.05) is 0 Å². The van der Waals surface area contributed by atoms with E-state index in [1.807, 2.05) is 30.5 Å². The second-order valence-corrected chi connectivity index (χ2v) is 9.37. The van der Waals surface area contributed by atoms with Gasteiger partial charge in [0.1, 0.15) is 5.82 Å². The van der Waals surface area contributed by atoms with Crippen molar-refractivity contribution in [3.05, 3.63) is 76.7 Å². The van der Waals surface area contributed by atoms with Crippen LogP contribution in [0.15, 0.2) is 59.6 Å². The molecule has 5 nitrogen and oxygen atoms in total. The maximum absolute atomic E-state index is 13.1. The van der Waals surface area contributed by atoms with Crippen LogP contribution in [0.25, 0.3) is 16.2 Å². The molecule has 4 rings (SSSR count). The lowest BCUT2D eigenvalue weighted by molar-refractivity contribution is 0.581. The minimum absolute atomic E-state index is 0.196. The van der Waals surface area contributed by atoms with Crippen LogP contribution in [0, 0.1) is 19.7 Å². The van der Waals surface area contributed by atoms with E-state index < -0.39 is 10.0 Å². The lowest BCUT2D eigenvalue weighted by Gasteiger charge is -2.07. The highest BCUT2D eigenvalue weighted by Gasteiger charge is 2.17. The fraction of sp³-hybridized carbons (Fsp3) is 0.150. The number of hydrogen-bond acceptors (Lipinski definition) is 4. The topological polar surface area (TPSA) is 63.5 Å². The molecule has 0 amide bonds. The fourth-order valence-electron chi connectivity index (χ4n) is 2.94. The van der Waals surface area contributed by atoms with Crippen LogP contribution < -0.4 is 4.72 Å². The molecule has 0 aliphatic rings. The van der Waals surface area contributed by atoms with Gasteiger partial charge in [0, 0.05) is 28.9 Å². The number of fused-ring (bicyclic) bond motifs is 1. The zero-order valence-electron chi connectivity index (χ0n) is 15.3. The molecule has 0 saturated heterocycles. The number of aromatic nitrogens is 2. The molecule has 2 heterocycles. The largest absolute Gasteiger partial charge is 0.294 e. The Balaban J connectivity index is 1.57. The Hall–Kier alpha value is -2.55. The van der Waals surface area contributed by atoms with Gasteiger partial charge in [0.25, 0.3) is 0 Å². The number of halogens is 1. The van der Waals surface area contributed by atoms with Gasteiger partial charge >= 0.3 is 0 Å². The molecule has 0 fully saturated rings. The molecule has 0 atom stereocenters. The first-order valence-electron chi connectivity index (χ1n) is 8.63. The second-order valence-electron chi connectivity index (χ2n) is 6.54. The van der Waals surface area contributed by atoms with Gasteiger partial charge in [-0.3, -0.25) is 4.40 Å². The van der Waals surface area contributed by atoms with Crippen LogP contribution in [0.3, 0.4) is 0 Å². The molecule has 144 valence electrons. The average molecular weight is 416 g/mol. The van der Waals surface area contributed by atoms with Gasteiger partial charge in [0.2, 0.25) is 10.0 Å². The van der Waals surface area contributed by atoms with Crippen LogP contribution in [-0.2, 0) is 16.6 Å². The van der Waals surface area contributed by atoms with E-state index in [1.54, 1.807) is 30.3 Å². The van der Waals surface area contributed by atoms with E-state index in [0.717, 1.165) is 32.4 Å². The Kier molecular flexibility index (Phi) is 4.78. The van der Waals surface area contributed by atoms with E-state index in [1.165, 1.54) is 23.5 Å². The highest BCUT2D eigenvalue weighted by molar-refractivity contribution is 7.89. The average Bonchev–Trinajstić information content (AvgIpc) is 3.20. The molecule has 2 aromatic carbocycles. The van der Waals surface area contributed by atoms with Gasteiger partial charge < -0.3 is 0 Å². The summed E-state index contributed by atoms with van der Waals surface area (Å²) in [7, 11) is -3.58. The number of benzene rings is 2. The summed E-state index contributed by atoms with van der Waals surface area (Å²) in [6.45, 7) is 3.98. The van der Waals surface area contributed by atoms with Crippen LogP contribution in [0.2, 0.25) is 0 Å². The third kappa shape index (κ3) is 3.58. The Morgan fingerprint density at radius 2 is 1.89 bits per heavy atom. The first-order valence-corrected chi connectivity index (χ1v) is 10.9. The molecule has 0 saturated carbocycles. The molecule has 0 bridgehead atoms. The summed E-state index contributed by atoms with van der Waals surface area (Å²) < 4.78 is 42.8. The van der Waals surface area contributed by atoms with E-state index in [2.05, 4.69) is 9.71 Å². The van der Waals surface area contributed by atoms with Gasteiger partial charge in [-0.2, -0.15) is 0 Å². The monoisotopic (exact) mass is 415 g/mol. The molecule has 1 N–H and O–H groups in total. The van der Waals surface area contributed by atoms with Crippen molar-refractivity contribution in [1.29, 1.82) is 0 Å². The van der Waals surface area contributed by atoms with Crippen molar-refractivity contribution in [3.63, 3.8) is 0 Å². The highest BCUT2D eigenvalue weighted by Crippen LogP contribution is 2.27. The summed E-state index contributed by atoms with van der Waals surface area (Å²) in [5.41, 5.74) is 3.40. The van der Waals surface area contributed by atoms with Gasteiger partial charge in [-0.15, -0.1) is 0 Å². The van der Waals surface area contributed by atoms with Crippen molar-refractivity contribution in [3.8, 4) is 11.3 Å². The maximum Gasteiger partial charge on any atom is 0.240 e. The molecule has 28 heavy (non-hydrogen) atoms. The van der Waals surface area contributed by atoms with Gasteiger partial charge in [-0.05, 0) is 55.8 Å². The molecule has 0 aliphatic carbocycles. The zero-order valence-corrected chi connectivity index (χ0v) is 16.9. The first-order chi connectivity index (χ1) is 13.3. The number of imidazole rings is 1. The maximum atomic E-state index is 13.1. The third-order valence-electron chi connectivity index (χ3n) is 4.52. The van der Waals surface area contributed by atoms with E-state index in [-0.39, 0.29) is 17.3 Å². The molecule has 8 heteroatoms. The Labute approximate surface area is 166 Å². The van der Waals surface area contributed by atoms with Crippen molar-refractivity contribution >= 4 is 26.3 Å². The quantitative estimate of drug-likeness (QED) is 0.529. The predicted octanol–water partition coefficient (Wildman–Crippen LogP) is 4.30. The van der Waals surface area contributed by atoms with Gasteiger partial charge in [-0.1, -0.05) is 23.5 Å². The van der Waals surface area contributed by atoms with Crippen molar-refractivity contribution in [2.45, 2.75) is 25.3 Å². The number of nitrogens with one attached hydrogen (secondary N) is 1. The fourth-order valence-corrected chi connectivity index (χ4v) is 5.18. The second kappa shape index (κ2) is 7.12. The number of aryl methyl sites for hydroxylation is 2. The van der Waals surface area contributed by atoms with E-state index in [0.29, 0.717) is 0 Å². The Bertz CT molecular complexity index is 1260. The third-order valence-corrected chi connectivity index (χ3v) is 7.07. The van der Waals surface area contributed by atoms with Gasteiger partial charge in [0.05, 0.1) is 10.6 Å². The van der Waals surface area contributed by atoms with Crippen LogP contribution in [0.5, 0.6) is 0 Å². The number of sulfonamides is 1. The normalized spacial score (nSPS) is 12.0. The lowest BCUT2D eigenvalue weighted by atomic mass is 10.2. The standard InChI is InChI=1S/C20H18FN3O2S2/c1-13-4-3-5-17(10-13)28(25,26)22-11-19-14(2)24-12-18(23-20(24)27-19)15-6-8-16(21)9-7-15/h3-10,12,22H,11H2,1-2H3. The van der Waals surface area contributed by atoms with Crippen LogP contribution in [0.1, 0.15) is 16.1 Å². The lowest BCUT2D eigenvalue weighted by Crippen LogP contribution is -2.23. The minimum atomic E-state index is -3.58. The highest BCUT2D eigenvalue weighted by atomic mass is 32.2. The molecule has 0 radical (unpaired) electrons. The first kappa shape index (κ1) is 18.8. The zero-order chi connectivity index (χ0) is 19.9. The molecule has 0 aliphatic heterocycles. The molecular weight excluding hydrogens is 397 g/mol. The summed E-state index contributed by atoms with van der Waals surface area (Å²) in [6.07, 6.45) is 1.88. The smallest absolute Gasteiger partial charge is 0.240 e. The number of thiazole rings is 1. The van der Waals surface area contributed by atoms with Crippen LogP contribution in [0.4, 0.5) is 4.39 Å². The summed E-state index contributed by atoms with van der Waals surface area (Å²) in [5.74, 6) is -0.288. The summed E-state index contributed by atoms with van der Waals surface area (Å²) >= 11 is 1.43. The van der Waals surface area contributed by atoms with Crippen molar-refractivity contribution in [2.24, 2.45) is 0 Å². The van der Waals surface area contributed by atoms with Crippen LogP contribution in [-0.4, -0.2) is 17.8 Å². The van der Waals surface area contributed by atoms with E-state index in [9.17, 15) is 12.8 Å². The molecular formula is C20H18FN3O2S2. The minimum Gasteiger partial charge on any atom is -0.294 e. The Morgan fingerprint density at radius 3 is 2.57 bits per heavy atom. The van der Waals surface area contributed by atoms with E-state index >= 15 is 0 Å². The van der Waals surface area contributed by atoms with Crippen molar-refractivity contribution in [1.82, 2.24) is 14.1 Å². The summed E-state index contributed by atoms with van der Waals surface area (Å²) in [4.78, 5) is 6.50. The number of hydrogen-bond donors (Lipinski definition) is 1. The molecule has 0 spiro atoms. The summed E-state index contributed by atoms with van der Waals surface area (Å²) in [5, 5.41) is 0. The molecule has 4 aromatic rings. The molecule has 2 aromatic heterocycles. The van der Waals surface area contributed by atoms with Crippen LogP contribution >= 0.6 is 11.3 Å². The van der Waals surface area contributed by atoms with E-state index in [4.69, 9.17) is 0 Å².